The van der Waals surface area contributed by atoms with Gasteiger partial charge in [-0.2, -0.15) is 0 Å². The molecule has 0 radical (unpaired) electrons. The molecule has 0 aliphatic rings. The summed E-state index contributed by atoms with van der Waals surface area (Å²) in [6, 6.07) is 14.7. The van der Waals surface area contributed by atoms with Gasteiger partial charge in [0.25, 0.3) is 5.91 Å². The van der Waals surface area contributed by atoms with Crippen molar-refractivity contribution in [3.05, 3.63) is 83.2 Å². The van der Waals surface area contributed by atoms with Gasteiger partial charge in [-0.05, 0) is 37.1 Å². The molecular weight excluding hydrogens is 368 g/mol. The molecule has 0 atom stereocenters. The third kappa shape index (κ3) is 5.16. The number of hydrogen-bond donors (Lipinski definition) is 2. The van der Waals surface area contributed by atoms with E-state index in [1.165, 1.54) is 18.0 Å². The summed E-state index contributed by atoms with van der Waals surface area (Å²) in [6.07, 6.45) is 2.88. The van der Waals surface area contributed by atoms with Gasteiger partial charge in [0, 0.05) is 18.9 Å². The van der Waals surface area contributed by atoms with Gasteiger partial charge in [0.1, 0.15) is 0 Å². The van der Waals surface area contributed by atoms with Crippen LogP contribution < -0.4 is 10.6 Å². The third-order valence-electron chi connectivity index (χ3n) is 4.28. The Morgan fingerprint density at radius 2 is 1.69 bits per heavy atom. The monoisotopic (exact) mass is 390 g/mol. The maximum Gasteiger partial charge on any atom is 0.340 e. The van der Waals surface area contributed by atoms with E-state index in [-0.39, 0.29) is 12.2 Å². The quantitative estimate of drug-likeness (QED) is 0.596. The number of para-hydroxylation sites is 1. The lowest BCUT2D eigenvalue weighted by atomic mass is 10.1. The molecule has 0 bridgehead atoms. The summed E-state index contributed by atoms with van der Waals surface area (Å²) in [7, 11) is 0. The molecule has 29 heavy (non-hydrogen) atoms. The van der Waals surface area contributed by atoms with Crippen LogP contribution in [0.5, 0.6) is 0 Å². The molecular formula is C22H22N4O3. The van der Waals surface area contributed by atoms with E-state index >= 15 is 0 Å². The molecule has 0 saturated heterocycles. The summed E-state index contributed by atoms with van der Waals surface area (Å²) in [5, 5.41) is 5.85. The molecule has 0 unspecified atom stereocenters. The Bertz CT molecular complexity index is 1000. The van der Waals surface area contributed by atoms with E-state index in [1.54, 1.807) is 31.2 Å². The zero-order valence-corrected chi connectivity index (χ0v) is 16.3. The highest BCUT2D eigenvalue weighted by molar-refractivity contribution is 6.07. The molecule has 2 aromatic carbocycles. The Labute approximate surface area is 169 Å². The standard InChI is InChI=1S/C22H22N4O3/c1-3-29-21(28)18-10-6-7-11-19(18)26-20(27)17-13-24-22(25-14-17)23-12-16-9-5-4-8-15(16)2/h4-11,13-14H,3,12H2,1-2H3,(H,26,27)(H,23,24,25). The summed E-state index contributed by atoms with van der Waals surface area (Å²) >= 11 is 0. The summed E-state index contributed by atoms with van der Waals surface area (Å²) < 4.78 is 5.02. The molecule has 1 amide bonds. The van der Waals surface area contributed by atoms with Crippen molar-refractivity contribution in [3.63, 3.8) is 0 Å². The molecule has 0 aliphatic heterocycles. The van der Waals surface area contributed by atoms with E-state index < -0.39 is 11.9 Å². The van der Waals surface area contributed by atoms with E-state index in [9.17, 15) is 9.59 Å². The van der Waals surface area contributed by atoms with Gasteiger partial charge in [0.05, 0.1) is 23.4 Å². The zero-order chi connectivity index (χ0) is 20.6. The number of esters is 1. The fourth-order valence-corrected chi connectivity index (χ4v) is 2.69. The summed E-state index contributed by atoms with van der Waals surface area (Å²) in [4.78, 5) is 32.9. The Balaban J connectivity index is 1.65. The van der Waals surface area contributed by atoms with Gasteiger partial charge in [-0.1, -0.05) is 36.4 Å². The second kappa shape index (κ2) is 9.45. The van der Waals surface area contributed by atoms with Crippen LogP contribution in [0.2, 0.25) is 0 Å². The van der Waals surface area contributed by atoms with Crippen molar-refractivity contribution in [2.24, 2.45) is 0 Å². The van der Waals surface area contributed by atoms with Crippen molar-refractivity contribution in [2.75, 3.05) is 17.2 Å². The molecule has 0 saturated carbocycles. The number of nitrogens with zero attached hydrogens (tertiary/aromatic N) is 2. The van der Waals surface area contributed by atoms with Crippen LogP contribution in [0.3, 0.4) is 0 Å². The number of anilines is 2. The average Bonchev–Trinajstić information content (AvgIpc) is 2.74. The van der Waals surface area contributed by atoms with Crippen LogP contribution in [0.15, 0.2) is 60.9 Å². The van der Waals surface area contributed by atoms with Crippen LogP contribution in [0, 0.1) is 6.92 Å². The molecule has 1 aromatic heterocycles. The highest BCUT2D eigenvalue weighted by atomic mass is 16.5. The van der Waals surface area contributed by atoms with Gasteiger partial charge >= 0.3 is 5.97 Å². The van der Waals surface area contributed by atoms with Gasteiger partial charge in [0.15, 0.2) is 0 Å². The molecule has 0 aliphatic carbocycles. The summed E-state index contributed by atoms with van der Waals surface area (Å²) in [6.45, 7) is 4.61. The predicted molar refractivity (Wildman–Crippen MR) is 111 cm³/mol. The van der Waals surface area contributed by atoms with Crippen molar-refractivity contribution in [2.45, 2.75) is 20.4 Å². The number of rotatable bonds is 7. The summed E-state index contributed by atoms with van der Waals surface area (Å²) in [5.41, 5.74) is 3.27. The number of hydrogen-bond acceptors (Lipinski definition) is 6. The fourth-order valence-electron chi connectivity index (χ4n) is 2.69. The first-order valence-corrected chi connectivity index (χ1v) is 9.26. The number of nitrogens with one attached hydrogen (secondary N) is 2. The van der Waals surface area contributed by atoms with E-state index in [1.807, 2.05) is 31.2 Å². The average molecular weight is 390 g/mol. The number of carbonyl (C=O) groups is 2. The summed E-state index contributed by atoms with van der Waals surface area (Å²) in [5.74, 6) is -0.473. The predicted octanol–water partition coefficient (Wildman–Crippen LogP) is 3.83. The molecule has 3 rings (SSSR count). The van der Waals surface area contributed by atoms with Crippen LogP contribution in [0.25, 0.3) is 0 Å². The maximum absolute atomic E-state index is 12.5. The van der Waals surface area contributed by atoms with Crippen molar-refractivity contribution in [1.82, 2.24) is 9.97 Å². The molecule has 7 heteroatoms. The number of aryl methyl sites for hydroxylation is 1. The highest BCUT2D eigenvalue weighted by Gasteiger charge is 2.15. The number of benzene rings is 2. The molecule has 2 N–H and O–H groups in total. The minimum Gasteiger partial charge on any atom is -0.462 e. The van der Waals surface area contributed by atoms with Crippen molar-refractivity contribution in [1.29, 1.82) is 0 Å². The van der Waals surface area contributed by atoms with E-state index in [0.29, 0.717) is 23.7 Å². The van der Waals surface area contributed by atoms with Gasteiger partial charge in [0.2, 0.25) is 5.95 Å². The number of ether oxygens (including phenoxy) is 1. The van der Waals surface area contributed by atoms with Gasteiger partial charge < -0.3 is 15.4 Å². The zero-order valence-electron chi connectivity index (χ0n) is 16.3. The molecule has 0 fully saturated rings. The molecule has 3 aromatic rings. The second-order valence-electron chi connectivity index (χ2n) is 6.30. The van der Waals surface area contributed by atoms with Crippen LogP contribution >= 0.6 is 0 Å². The van der Waals surface area contributed by atoms with Gasteiger partial charge in [-0.15, -0.1) is 0 Å². The van der Waals surface area contributed by atoms with E-state index in [4.69, 9.17) is 4.74 Å². The second-order valence-corrected chi connectivity index (χ2v) is 6.30. The Morgan fingerprint density at radius 1 is 1.00 bits per heavy atom. The maximum atomic E-state index is 12.5. The highest BCUT2D eigenvalue weighted by Crippen LogP contribution is 2.17. The molecule has 0 spiro atoms. The van der Waals surface area contributed by atoms with E-state index in [0.717, 1.165) is 5.56 Å². The van der Waals surface area contributed by atoms with Crippen molar-refractivity contribution in [3.8, 4) is 0 Å². The minimum atomic E-state index is -0.490. The molecule has 148 valence electrons. The SMILES string of the molecule is CCOC(=O)c1ccccc1NC(=O)c1cnc(NCc2ccccc2C)nc1. The number of carbonyl (C=O) groups excluding carboxylic acids is 2. The largest absolute Gasteiger partial charge is 0.462 e. The Kier molecular flexibility index (Phi) is 6.52. The number of amides is 1. The fraction of sp³-hybridized carbons (Fsp3) is 0.182. The molecule has 1 heterocycles. The van der Waals surface area contributed by atoms with Crippen LogP contribution in [0.1, 0.15) is 38.8 Å². The lowest BCUT2D eigenvalue weighted by Gasteiger charge is -2.10. The lowest BCUT2D eigenvalue weighted by molar-refractivity contribution is 0.0527. The van der Waals surface area contributed by atoms with Gasteiger partial charge in [-0.25, -0.2) is 14.8 Å². The normalized spacial score (nSPS) is 10.3. The van der Waals surface area contributed by atoms with Gasteiger partial charge in [-0.3, -0.25) is 4.79 Å². The van der Waals surface area contributed by atoms with Crippen LogP contribution in [-0.2, 0) is 11.3 Å². The Morgan fingerprint density at radius 3 is 2.41 bits per heavy atom. The lowest BCUT2D eigenvalue weighted by Crippen LogP contribution is -2.16. The first-order valence-electron chi connectivity index (χ1n) is 9.26. The topological polar surface area (TPSA) is 93.2 Å². The van der Waals surface area contributed by atoms with E-state index in [2.05, 4.69) is 20.6 Å². The van der Waals surface area contributed by atoms with Crippen molar-refractivity contribution >= 4 is 23.5 Å². The molecule has 7 nitrogen and oxygen atoms in total. The Hall–Kier alpha value is -3.74. The third-order valence-corrected chi connectivity index (χ3v) is 4.28. The van der Waals surface area contributed by atoms with Crippen LogP contribution in [0.4, 0.5) is 11.6 Å². The van der Waals surface area contributed by atoms with Crippen molar-refractivity contribution < 1.29 is 14.3 Å². The smallest absolute Gasteiger partial charge is 0.340 e. The minimum absolute atomic E-state index is 0.256. The first-order chi connectivity index (χ1) is 14.1. The number of aromatic nitrogens is 2. The van der Waals surface area contributed by atoms with Crippen LogP contribution in [-0.4, -0.2) is 28.5 Å². The first kappa shape index (κ1) is 20.0.